The third kappa shape index (κ3) is 3.59. The highest BCUT2D eigenvalue weighted by atomic mass is 35.5. The molecule has 0 unspecified atom stereocenters. The van der Waals surface area contributed by atoms with Crippen LogP contribution in [0.2, 0.25) is 5.02 Å². The molecule has 0 aromatic heterocycles. The van der Waals surface area contributed by atoms with Gasteiger partial charge in [0.15, 0.2) is 0 Å². The summed E-state index contributed by atoms with van der Waals surface area (Å²) in [5.41, 5.74) is 5.12. The van der Waals surface area contributed by atoms with Crippen LogP contribution >= 0.6 is 11.6 Å². The lowest BCUT2D eigenvalue weighted by atomic mass is 10.0. The van der Waals surface area contributed by atoms with Crippen LogP contribution in [0.15, 0.2) is 42.5 Å². The van der Waals surface area contributed by atoms with Crippen molar-refractivity contribution in [2.75, 3.05) is 0 Å². The van der Waals surface area contributed by atoms with E-state index in [2.05, 4.69) is 50.4 Å². The van der Waals surface area contributed by atoms with Crippen LogP contribution in [0, 0.1) is 13.8 Å². The molecule has 0 aliphatic heterocycles. The number of rotatable bonds is 4. The van der Waals surface area contributed by atoms with Crippen LogP contribution in [-0.4, -0.2) is 0 Å². The van der Waals surface area contributed by atoms with Crippen molar-refractivity contribution in [2.45, 2.75) is 33.4 Å². The second kappa shape index (κ2) is 6.23. The monoisotopic (exact) mass is 273 g/mol. The molecule has 19 heavy (non-hydrogen) atoms. The van der Waals surface area contributed by atoms with Crippen molar-refractivity contribution in [2.24, 2.45) is 0 Å². The van der Waals surface area contributed by atoms with Gasteiger partial charge >= 0.3 is 0 Å². The van der Waals surface area contributed by atoms with Crippen molar-refractivity contribution >= 4 is 11.6 Å². The Morgan fingerprint density at radius 2 is 1.84 bits per heavy atom. The van der Waals surface area contributed by atoms with E-state index in [0.29, 0.717) is 0 Å². The summed E-state index contributed by atoms with van der Waals surface area (Å²) in [4.78, 5) is 0. The first kappa shape index (κ1) is 14.1. The molecule has 0 aliphatic carbocycles. The second-order valence-corrected chi connectivity index (χ2v) is 5.46. The zero-order valence-corrected chi connectivity index (χ0v) is 12.5. The molecule has 0 saturated carbocycles. The van der Waals surface area contributed by atoms with E-state index in [1.54, 1.807) is 0 Å². The topological polar surface area (TPSA) is 12.0 Å². The third-order valence-corrected chi connectivity index (χ3v) is 3.81. The number of nitrogens with one attached hydrogen (secondary N) is 1. The largest absolute Gasteiger partial charge is 0.306 e. The first-order chi connectivity index (χ1) is 9.08. The van der Waals surface area contributed by atoms with Gasteiger partial charge in [-0.3, -0.25) is 0 Å². The molecule has 100 valence electrons. The highest BCUT2D eigenvalue weighted by Crippen LogP contribution is 2.22. The fourth-order valence-corrected chi connectivity index (χ4v) is 2.54. The van der Waals surface area contributed by atoms with Crippen molar-refractivity contribution in [3.05, 3.63) is 69.7 Å². The fourth-order valence-electron chi connectivity index (χ4n) is 2.24. The summed E-state index contributed by atoms with van der Waals surface area (Å²) in [6, 6.07) is 14.8. The zero-order valence-electron chi connectivity index (χ0n) is 11.7. The van der Waals surface area contributed by atoms with Gasteiger partial charge < -0.3 is 5.32 Å². The average molecular weight is 274 g/mol. The molecular weight excluding hydrogens is 254 g/mol. The molecule has 2 aromatic rings. The molecule has 0 aliphatic rings. The van der Waals surface area contributed by atoms with Crippen molar-refractivity contribution in [3.63, 3.8) is 0 Å². The highest BCUT2D eigenvalue weighted by Gasteiger charge is 2.08. The Morgan fingerprint density at radius 1 is 1.11 bits per heavy atom. The minimum Gasteiger partial charge on any atom is -0.306 e. The van der Waals surface area contributed by atoms with Gasteiger partial charge in [0.1, 0.15) is 0 Å². The Kier molecular flexibility index (Phi) is 4.62. The standard InChI is InChI=1S/C17H20ClN/c1-12-8-9-15(13(2)10-12)11-19-14(3)16-6-4-5-7-17(16)18/h4-10,14,19H,11H2,1-3H3/t14-/m0/s1. The summed E-state index contributed by atoms with van der Waals surface area (Å²) in [5, 5.41) is 4.35. The lowest BCUT2D eigenvalue weighted by molar-refractivity contribution is 0.573. The van der Waals surface area contributed by atoms with Gasteiger partial charge in [-0.15, -0.1) is 0 Å². The van der Waals surface area contributed by atoms with Crippen LogP contribution in [0.1, 0.15) is 35.2 Å². The molecular formula is C17H20ClN. The normalized spacial score (nSPS) is 12.4. The van der Waals surface area contributed by atoms with Gasteiger partial charge in [-0.2, -0.15) is 0 Å². The number of aryl methyl sites for hydroxylation is 2. The minimum atomic E-state index is 0.245. The van der Waals surface area contributed by atoms with Gasteiger partial charge in [-0.1, -0.05) is 53.6 Å². The van der Waals surface area contributed by atoms with Crippen LogP contribution in [0.3, 0.4) is 0 Å². The Hall–Kier alpha value is -1.31. The van der Waals surface area contributed by atoms with E-state index in [-0.39, 0.29) is 6.04 Å². The van der Waals surface area contributed by atoms with Crippen LogP contribution in [0.25, 0.3) is 0 Å². The van der Waals surface area contributed by atoms with E-state index in [0.717, 1.165) is 17.1 Å². The van der Waals surface area contributed by atoms with Crippen LogP contribution in [0.5, 0.6) is 0 Å². The lowest BCUT2D eigenvalue weighted by Crippen LogP contribution is -2.19. The SMILES string of the molecule is Cc1ccc(CN[C@@H](C)c2ccccc2Cl)c(C)c1. The number of halogens is 1. The van der Waals surface area contributed by atoms with E-state index in [9.17, 15) is 0 Å². The first-order valence-corrected chi connectivity index (χ1v) is 6.99. The molecule has 0 spiro atoms. The Bertz CT molecular complexity index is 563. The summed E-state index contributed by atoms with van der Waals surface area (Å²) < 4.78 is 0. The Labute approximate surface area is 120 Å². The molecule has 1 nitrogen and oxygen atoms in total. The maximum Gasteiger partial charge on any atom is 0.0453 e. The maximum atomic E-state index is 6.21. The van der Waals surface area contributed by atoms with E-state index < -0.39 is 0 Å². The van der Waals surface area contributed by atoms with Crippen molar-refractivity contribution in [1.29, 1.82) is 0 Å². The summed E-state index contributed by atoms with van der Waals surface area (Å²) in [5.74, 6) is 0. The number of benzene rings is 2. The van der Waals surface area contributed by atoms with Gasteiger partial charge in [0, 0.05) is 17.6 Å². The summed E-state index contributed by atoms with van der Waals surface area (Å²) in [7, 11) is 0. The first-order valence-electron chi connectivity index (χ1n) is 6.62. The predicted molar refractivity (Wildman–Crippen MR) is 82.6 cm³/mol. The molecule has 0 saturated heterocycles. The fraction of sp³-hybridized carbons (Fsp3) is 0.294. The van der Waals surface area contributed by atoms with Gasteiger partial charge in [-0.25, -0.2) is 0 Å². The lowest BCUT2D eigenvalue weighted by Gasteiger charge is -2.16. The van der Waals surface area contributed by atoms with Gasteiger partial charge in [0.05, 0.1) is 0 Å². The second-order valence-electron chi connectivity index (χ2n) is 5.05. The zero-order chi connectivity index (χ0) is 13.8. The molecule has 2 aromatic carbocycles. The molecule has 0 fully saturated rings. The van der Waals surface area contributed by atoms with Gasteiger partial charge in [-0.05, 0) is 43.5 Å². The van der Waals surface area contributed by atoms with Gasteiger partial charge in [0.25, 0.3) is 0 Å². The average Bonchev–Trinajstić information content (AvgIpc) is 2.38. The van der Waals surface area contributed by atoms with Crippen molar-refractivity contribution in [3.8, 4) is 0 Å². The van der Waals surface area contributed by atoms with Crippen LogP contribution in [-0.2, 0) is 6.54 Å². The van der Waals surface area contributed by atoms with Gasteiger partial charge in [0.2, 0.25) is 0 Å². The Balaban J connectivity index is 2.04. The molecule has 0 amide bonds. The van der Waals surface area contributed by atoms with E-state index in [1.165, 1.54) is 16.7 Å². The summed E-state index contributed by atoms with van der Waals surface area (Å²) >= 11 is 6.21. The third-order valence-electron chi connectivity index (χ3n) is 3.47. The van der Waals surface area contributed by atoms with E-state index >= 15 is 0 Å². The van der Waals surface area contributed by atoms with Crippen LogP contribution < -0.4 is 5.32 Å². The molecule has 0 bridgehead atoms. The smallest absolute Gasteiger partial charge is 0.0453 e. The quantitative estimate of drug-likeness (QED) is 0.843. The summed E-state index contributed by atoms with van der Waals surface area (Å²) in [6.07, 6.45) is 0. The highest BCUT2D eigenvalue weighted by molar-refractivity contribution is 6.31. The molecule has 0 heterocycles. The summed E-state index contributed by atoms with van der Waals surface area (Å²) in [6.45, 7) is 7.28. The van der Waals surface area contributed by atoms with Crippen LogP contribution in [0.4, 0.5) is 0 Å². The van der Waals surface area contributed by atoms with Crippen molar-refractivity contribution in [1.82, 2.24) is 5.32 Å². The molecule has 1 N–H and O–H groups in total. The number of hydrogen-bond acceptors (Lipinski definition) is 1. The van der Waals surface area contributed by atoms with E-state index in [4.69, 9.17) is 11.6 Å². The molecule has 0 radical (unpaired) electrons. The number of hydrogen-bond donors (Lipinski definition) is 1. The van der Waals surface area contributed by atoms with E-state index in [1.807, 2.05) is 18.2 Å². The molecule has 1 atom stereocenters. The van der Waals surface area contributed by atoms with Crippen molar-refractivity contribution < 1.29 is 0 Å². The molecule has 2 heteroatoms. The molecule has 2 rings (SSSR count). The Morgan fingerprint density at radius 3 is 2.53 bits per heavy atom. The predicted octanol–water partition coefficient (Wildman–Crippen LogP) is 4.81. The maximum absolute atomic E-state index is 6.21. The minimum absolute atomic E-state index is 0.245.